The van der Waals surface area contributed by atoms with Crippen LogP contribution in [0, 0.1) is 5.82 Å². The highest BCUT2D eigenvalue weighted by molar-refractivity contribution is 5.43. The van der Waals surface area contributed by atoms with Gasteiger partial charge in [-0.2, -0.15) is 0 Å². The standard InChI is InChI=1S/C20H25FN2O2/c21-16-6-8-17(9-7-16)22-18-10-12-23(13-11-18)14-19(24)15-25-20-4-2-1-3-5-20/h1-9,18-19,22,24H,10-15H2. The number of likely N-dealkylation sites (tertiary alicyclic amines) is 1. The van der Waals surface area contributed by atoms with Crippen LogP contribution in [0.4, 0.5) is 10.1 Å². The average molecular weight is 344 g/mol. The topological polar surface area (TPSA) is 44.7 Å². The molecule has 1 saturated heterocycles. The number of piperidine rings is 1. The van der Waals surface area contributed by atoms with E-state index in [4.69, 9.17) is 4.74 Å². The van der Waals surface area contributed by atoms with Crippen LogP contribution >= 0.6 is 0 Å². The van der Waals surface area contributed by atoms with Gasteiger partial charge in [-0.25, -0.2) is 4.39 Å². The van der Waals surface area contributed by atoms with Gasteiger partial charge in [-0.05, 0) is 49.2 Å². The number of ether oxygens (including phenoxy) is 1. The summed E-state index contributed by atoms with van der Waals surface area (Å²) in [6.07, 6.45) is 1.51. The van der Waals surface area contributed by atoms with Crippen molar-refractivity contribution in [1.29, 1.82) is 0 Å². The normalized spacial score (nSPS) is 17.2. The van der Waals surface area contributed by atoms with Crippen molar-refractivity contribution < 1.29 is 14.2 Å². The van der Waals surface area contributed by atoms with Gasteiger partial charge in [0.2, 0.25) is 0 Å². The van der Waals surface area contributed by atoms with E-state index in [0.717, 1.165) is 37.4 Å². The Bertz CT molecular complexity index is 628. The van der Waals surface area contributed by atoms with E-state index in [1.807, 2.05) is 30.3 Å². The minimum Gasteiger partial charge on any atom is -0.491 e. The van der Waals surface area contributed by atoms with Crippen LogP contribution in [-0.2, 0) is 0 Å². The summed E-state index contributed by atoms with van der Waals surface area (Å²) in [6, 6.07) is 16.4. The number of aliphatic hydroxyl groups excluding tert-OH is 1. The zero-order chi connectivity index (χ0) is 17.5. The fourth-order valence-corrected chi connectivity index (χ4v) is 3.10. The largest absolute Gasteiger partial charge is 0.491 e. The van der Waals surface area contributed by atoms with Crippen LogP contribution in [0.15, 0.2) is 54.6 Å². The maximum absolute atomic E-state index is 12.9. The van der Waals surface area contributed by atoms with Crippen molar-refractivity contribution in [2.75, 3.05) is 31.6 Å². The number of para-hydroxylation sites is 1. The Morgan fingerprint density at radius 1 is 1.08 bits per heavy atom. The Balaban J connectivity index is 1.36. The molecule has 0 bridgehead atoms. The number of β-amino-alcohol motifs (C(OH)–C–C–N with tert-alkyl or cyclic N) is 1. The van der Waals surface area contributed by atoms with Crippen molar-refractivity contribution in [2.24, 2.45) is 0 Å². The van der Waals surface area contributed by atoms with Crippen LogP contribution < -0.4 is 10.1 Å². The maximum Gasteiger partial charge on any atom is 0.123 e. The van der Waals surface area contributed by atoms with Crippen molar-refractivity contribution in [1.82, 2.24) is 4.90 Å². The molecule has 2 N–H and O–H groups in total. The molecule has 0 aromatic heterocycles. The van der Waals surface area contributed by atoms with Gasteiger partial charge in [0.15, 0.2) is 0 Å². The lowest BCUT2D eigenvalue weighted by molar-refractivity contribution is 0.0605. The Labute approximate surface area is 148 Å². The molecule has 1 aliphatic rings. The summed E-state index contributed by atoms with van der Waals surface area (Å²) in [6.45, 7) is 2.79. The van der Waals surface area contributed by atoms with Gasteiger partial charge in [0, 0.05) is 31.4 Å². The minimum atomic E-state index is -0.498. The quantitative estimate of drug-likeness (QED) is 0.810. The third-order valence-corrected chi connectivity index (χ3v) is 4.46. The smallest absolute Gasteiger partial charge is 0.123 e. The highest BCUT2D eigenvalue weighted by Gasteiger charge is 2.21. The van der Waals surface area contributed by atoms with Gasteiger partial charge in [-0.3, -0.25) is 0 Å². The highest BCUT2D eigenvalue weighted by Crippen LogP contribution is 2.17. The minimum absolute atomic E-state index is 0.216. The molecule has 1 atom stereocenters. The van der Waals surface area contributed by atoms with E-state index >= 15 is 0 Å². The first kappa shape index (κ1) is 17.7. The number of aliphatic hydroxyl groups is 1. The molecule has 4 nitrogen and oxygen atoms in total. The number of hydrogen-bond donors (Lipinski definition) is 2. The molecule has 1 aliphatic heterocycles. The molecule has 1 heterocycles. The van der Waals surface area contributed by atoms with E-state index in [-0.39, 0.29) is 5.82 Å². The van der Waals surface area contributed by atoms with Crippen molar-refractivity contribution in [3.8, 4) is 5.75 Å². The fourth-order valence-electron chi connectivity index (χ4n) is 3.10. The summed E-state index contributed by atoms with van der Waals surface area (Å²) < 4.78 is 18.5. The van der Waals surface area contributed by atoms with Crippen LogP contribution in [0.3, 0.4) is 0 Å². The highest BCUT2D eigenvalue weighted by atomic mass is 19.1. The summed E-state index contributed by atoms with van der Waals surface area (Å²) in [7, 11) is 0. The molecule has 2 aromatic carbocycles. The Kier molecular flexibility index (Phi) is 6.25. The first-order valence-corrected chi connectivity index (χ1v) is 8.79. The average Bonchev–Trinajstić information content (AvgIpc) is 2.64. The van der Waals surface area contributed by atoms with Gasteiger partial charge in [0.1, 0.15) is 24.3 Å². The van der Waals surface area contributed by atoms with Crippen LogP contribution in [0.25, 0.3) is 0 Å². The number of benzene rings is 2. The third kappa shape index (κ3) is 5.73. The Morgan fingerprint density at radius 3 is 2.44 bits per heavy atom. The van der Waals surface area contributed by atoms with Gasteiger partial charge in [-0.1, -0.05) is 18.2 Å². The molecule has 1 fully saturated rings. The lowest BCUT2D eigenvalue weighted by Crippen LogP contribution is -2.43. The molecule has 0 aliphatic carbocycles. The Hall–Kier alpha value is -2.11. The fraction of sp³-hybridized carbons (Fsp3) is 0.400. The van der Waals surface area contributed by atoms with Crippen molar-refractivity contribution in [3.05, 3.63) is 60.4 Å². The van der Waals surface area contributed by atoms with E-state index < -0.39 is 6.10 Å². The summed E-state index contributed by atoms with van der Waals surface area (Å²) >= 11 is 0. The molecular formula is C20H25FN2O2. The number of rotatable bonds is 7. The molecule has 0 spiro atoms. The van der Waals surface area contributed by atoms with Crippen LogP contribution in [-0.4, -0.2) is 48.4 Å². The summed E-state index contributed by atoms with van der Waals surface area (Å²) in [4.78, 5) is 2.27. The third-order valence-electron chi connectivity index (χ3n) is 4.46. The molecule has 0 radical (unpaired) electrons. The van der Waals surface area contributed by atoms with Crippen LogP contribution in [0.2, 0.25) is 0 Å². The van der Waals surface area contributed by atoms with E-state index in [9.17, 15) is 9.50 Å². The number of halogens is 1. The van der Waals surface area contributed by atoms with E-state index in [1.165, 1.54) is 12.1 Å². The van der Waals surface area contributed by atoms with Crippen molar-refractivity contribution in [2.45, 2.75) is 25.0 Å². The SMILES string of the molecule is OC(COc1ccccc1)CN1CCC(Nc2ccc(F)cc2)CC1. The molecule has 0 saturated carbocycles. The number of nitrogens with zero attached hydrogens (tertiary/aromatic N) is 1. The maximum atomic E-state index is 12.9. The first-order valence-electron chi connectivity index (χ1n) is 8.79. The zero-order valence-electron chi connectivity index (χ0n) is 14.3. The molecule has 25 heavy (non-hydrogen) atoms. The number of anilines is 1. The predicted molar refractivity (Wildman–Crippen MR) is 97.4 cm³/mol. The van der Waals surface area contributed by atoms with Gasteiger partial charge >= 0.3 is 0 Å². The van der Waals surface area contributed by atoms with Crippen molar-refractivity contribution >= 4 is 5.69 Å². The molecule has 2 aromatic rings. The molecule has 3 rings (SSSR count). The summed E-state index contributed by atoms with van der Waals surface area (Å²) in [5.74, 6) is 0.566. The van der Waals surface area contributed by atoms with Crippen LogP contribution in [0.5, 0.6) is 5.75 Å². The summed E-state index contributed by atoms with van der Waals surface area (Å²) in [5.41, 5.74) is 0.955. The first-order chi connectivity index (χ1) is 12.2. The van der Waals surface area contributed by atoms with Crippen molar-refractivity contribution in [3.63, 3.8) is 0 Å². The van der Waals surface area contributed by atoms with E-state index in [0.29, 0.717) is 19.2 Å². The molecule has 5 heteroatoms. The van der Waals surface area contributed by atoms with Gasteiger partial charge in [0.05, 0.1) is 0 Å². The van der Waals surface area contributed by atoms with E-state index in [1.54, 1.807) is 12.1 Å². The van der Waals surface area contributed by atoms with Crippen LogP contribution in [0.1, 0.15) is 12.8 Å². The lowest BCUT2D eigenvalue weighted by atomic mass is 10.0. The zero-order valence-corrected chi connectivity index (χ0v) is 14.3. The van der Waals surface area contributed by atoms with Gasteiger partial charge in [-0.15, -0.1) is 0 Å². The second kappa shape index (κ2) is 8.83. The molecule has 0 amide bonds. The van der Waals surface area contributed by atoms with Gasteiger partial charge in [0.25, 0.3) is 0 Å². The monoisotopic (exact) mass is 344 g/mol. The lowest BCUT2D eigenvalue weighted by Gasteiger charge is -2.33. The summed E-state index contributed by atoms with van der Waals surface area (Å²) in [5, 5.41) is 13.6. The molecule has 134 valence electrons. The molecular weight excluding hydrogens is 319 g/mol. The van der Waals surface area contributed by atoms with E-state index in [2.05, 4.69) is 10.2 Å². The second-order valence-electron chi connectivity index (χ2n) is 6.50. The number of hydrogen-bond acceptors (Lipinski definition) is 4. The second-order valence-corrected chi connectivity index (χ2v) is 6.50. The van der Waals surface area contributed by atoms with Gasteiger partial charge < -0.3 is 20.1 Å². The molecule has 1 unspecified atom stereocenters. The number of nitrogens with one attached hydrogen (secondary N) is 1. The Morgan fingerprint density at radius 2 is 1.76 bits per heavy atom. The predicted octanol–water partition coefficient (Wildman–Crippen LogP) is 3.14.